The van der Waals surface area contributed by atoms with Crippen molar-refractivity contribution < 1.29 is 0 Å². The lowest BCUT2D eigenvalue weighted by Crippen LogP contribution is -1.86. The summed E-state index contributed by atoms with van der Waals surface area (Å²) in [5, 5.41) is 10.7. The van der Waals surface area contributed by atoms with E-state index < -0.39 is 0 Å². The Kier molecular flexibility index (Phi) is 3.42. The van der Waals surface area contributed by atoms with E-state index in [0.717, 1.165) is 27.7 Å². The maximum atomic E-state index is 5.97. The number of hydrogen-bond acceptors (Lipinski definition) is 3. The number of benzene rings is 3. The number of rotatable bonds is 3. The average molecular weight is 261 g/mol. The van der Waals surface area contributed by atoms with Crippen LogP contribution in [0.15, 0.2) is 77.0 Å². The van der Waals surface area contributed by atoms with Gasteiger partial charge in [0.2, 0.25) is 0 Å². The normalized spacial score (nSPS) is 11.2. The van der Waals surface area contributed by atoms with Crippen LogP contribution >= 0.6 is 0 Å². The third-order valence-corrected chi connectivity index (χ3v) is 3.21. The predicted octanol–water partition coefficient (Wildman–Crippen LogP) is 4.71. The lowest BCUT2D eigenvalue weighted by atomic mass is 10.1. The van der Waals surface area contributed by atoms with Gasteiger partial charge in [-0.05, 0) is 17.7 Å². The number of hydrogen-bond donors (Lipinski definition) is 1. The summed E-state index contributed by atoms with van der Waals surface area (Å²) in [7, 11) is 0. The SMILES string of the molecule is Nc1ccc(/N=N/Cc2ccccc2)c2ccccc12. The molecule has 0 saturated heterocycles. The van der Waals surface area contributed by atoms with E-state index in [1.807, 2.05) is 66.7 Å². The van der Waals surface area contributed by atoms with Crippen molar-refractivity contribution in [3.63, 3.8) is 0 Å². The van der Waals surface area contributed by atoms with Gasteiger partial charge in [-0.15, -0.1) is 0 Å². The Hall–Kier alpha value is -2.68. The van der Waals surface area contributed by atoms with Crippen LogP contribution in [0.25, 0.3) is 10.8 Å². The largest absolute Gasteiger partial charge is 0.398 e. The molecule has 0 aromatic heterocycles. The smallest absolute Gasteiger partial charge is 0.0932 e. The Balaban J connectivity index is 1.90. The zero-order valence-electron chi connectivity index (χ0n) is 11.0. The number of fused-ring (bicyclic) bond motifs is 1. The minimum absolute atomic E-state index is 0.583. The van der Waals surface area contributed by atoms with Crippen molar-refractivity contribution in [3.8, 4) is 0 Å². The Bertz CT molecular complexity index is 749. The first kappa shape index (κ1) is 12.4. The molecule has 0 bridgehead atoms. The van der Waals surface area contributed by atoms with Gasteiger partial charge in [-0.3, -0.25) is 0 Å². The van der Waals surface area contributed by atoms with Crippen molar-refractivity contribution in [1.82, 2.24) is 0 Å². The van der Waals surface area contributed by atoms with E-state index in [2.05, 4.69) is 10.2 Å². The van der Waals surface area contributed by atoms with Gasteiger partial charge in [0.05, 0.1) is 12.2 Å². The molecule has 3 heteroatoms. The van der Waals surface area contributed by atoms with Crippen LogP contribution in [0.2, 0.25) is 0 Å². The third-order valence-electron chi connectivity index (χ3n) is 3.21. The van der Waals surface area contributed by atoms with Crippen molar-refractivity contribution in [1.29, 1.82) is 0 Å². The third kappa shape index (κ3) is 2.52. The van der Waals surface area contributed by atoms with Crippen LogP contribution in [0.3, 0.4) is 0 Å². The molecule has 0 saturated carbocycles. The minimum atomic E-state index is 0.583. The summed E-state index contributed by atoms with van der Waals surface area (Å²) in [4.78, 5) is 0. The first-order valence-electron chi connectivity index (χ1n) is 6.53. The number of azo groups is 1. The van der Waals surface area contributed by atoms with Gasteiger partial charge in [0, 0.05) is 16.5 Å². The molecule has 0 unspecified atom stereocenters. The maximum Gasteiger partial charge on any atom is 0.0932 e. The van der Waals surface area contributed by atoms with Gasteiger partial charge in [-0.1, -0.05) is 54.6 Å². The fourth-order valence-electron chi connectivity index (χ4n) is 2.17. The Morgan fingerprint density at radius 3 is 2.25 bits per heavy atom. The van der Waals surface area contributed by atoms with Crippen molar-refractivity contribution in [2.24, 2.45) is 10.2 Å². The molecule has 3 rings (SSSR count). The molecule has 98 valence electrons. The molecule has 0 aliphatic carbocycles. The second-order valence-corrected chi connectivity index (χ2v) is 4.60. The molecule has 3 nitrogen and oxygen atoms in total. The van der Waals surface area contributed by atoms with E-state index in [0.29, 0.717) is 6.54 Å². The topological polar surface area (TPSA) is 50.7 Å². The molecule has 0 atom stereocenters. The predicted molar refractivity (Wildman–Crippen MR) is 83.0 cm³/mol. The molecule has 0 heterocycles. The highest BCUT2D eigenvalue weighted by molar-refractivity contribution is 5.99. The first-order chi connectivity index (χ1) is 9.84. The number of nitrogens with zero attached hydrogens (tertiary/aromatic N) is 2. The summed E-state index contributed by atoms with van der Waals surface area (Å²) in [6.45, 7) is 0.583. The molecule has 0 aliphatic rings. The molecule has 3 aromatic rings. The molecule has 0 amide bonds. The standard InChI is InChI=1S/C17H15N3/c18-16-10-11-17(15-9-5-4-8-14(15)16)20-19-12-13-6-2-1-3-7-13/h1-11H,12,18H2/b20-19+. The summed E-state index contributed by atoms with van der Waals surface area (Å²) in [6.07, 6.45) is 0. The Labute approximate surface area is 117 Å². The van der Waals surface area contributed by atoms with Gasteiger partial charge in [-0.2, -0.15) is 10.2 Å². The minimum Gasteiger partial charge on any atom is -0.398 e. The summed E-state index contributed by atoms with van der Waals surface area (Å²) in [6, 6.07) is 21.8. The lowest BCUT2D eigenvalue weighted by molar-refractivity contribution is 0.962. The second kappa shape index (κ2) is 5.53. The van der Waals surface area contributed by atoms with Crippen LogP contribution in [0, 0.1) is 0 Å². The van der Waals surface area contributed by atoms with Crippen molar-refractivity contribution in [3.05, 3.63) is 72.3 Å². The van der Waals surface area contributed by atoms with Crippen LogP contribution in [-0.2, 0) is 6.54 Å². The number of nitrogen functional groups attached to an aromatic ring is 1. The summed E-state index contributed by atoms with van der Waals surface area (Å²) >= 11 is 0. The molecule has 0 spiro atoms. The highest BCUT2D eigenvalue weighted by Gasteiger charge is 2.02. The molecular weight excluding hydrogens is 246 g/mol. The quantitative estimate of drug-likeness (QED) is 0.539. The summed E-state index contributed by atoms with van der Waals surface area (Å²) in [5.74, 6) is 0. The molecule has 3 aromatic carbocycles. The van der Waals surface area contributed by atoms with Crippen molar-refractivity contribution >= 4 is 22.1 Å². The van der Waals surface area contributed by atoms with Crippen LogP contribution in [0.1, 0.15) is 5.56 Å². The van der Waals surface area contributed by atoms with Crippen molar-refractivity contribution in [2.75, 3.05) is 5.73 Å². The zero-order valence-corrected chi connectivity index (χ0v) is 11.0. The van der Waals surface area contributed by atoms with Crippen molar-refractivity contribution in [2.45, 2.75) is 6.54 Å². The van der Waals surface area contributed by atoms with E-state index in [1.165, 1.54) is 0 Å². The van der Waals surface area contributed by atoms with Gasteiger partial charge >= 0.3 is 0 Å². The highest BCUT2D eigenvalue weighted by atomic mass is 15.1. The molecule has 0 aliphatic heterocycles. The Morgan fingerprint density at radius 2 is 1.45 bits per heavy atom. The van der Waals surface area contributed by atoms with E-state index in [-0.39, 0.29) is 0 Å². The monoisotopic (exact) mass is 261 g/mol. The number of anilines is 1. The zero-order chi connectivity index (χ0) is 13.8. The molecule has 0 radical (unpaired) electrons. The van der Waals surface area contributed by atoms with Crippen LogP contribution < -0.4 is 5.73 Å². The van der Waals surface area contributed by atoms with Gasteiger partial charge in [0.25, 0.3) is 0 Å². The van der Waals surface area contributed by atoms with Gasteiger partial charge in [0.15, 0.2) is 0 Å². The maximum absolute atomic E-state index is 5.97. The first-order valence-corrected chi connectivity index (χ1v) is 6.53. The fourth-order valence-corrected chi connectivity index (χ4v) is 2.17. The average Bonchev–Trinajstić information content (AvgIpc) is 2.51. The van der Waals surface area contributed by atoms with Crippen LogP contribution in [0.5, 0.6) is 0 Å². The van der Waals surface area contributed by atoms with Gasteiger partial charge < -0.3 is 5.73 Å². The van der Waals surface area contributed by atoms with E-state index in [1.54, 1.807) is 0 Å². The van der Waals surface area contributed by atoms with E-state index in [9.17, 15) is 0 Å². The van der Waals surface area contributed by atoms with Gasteiger partial charge in [0.1, 0.15) is 0 Å². The van der Waals surface area contributed by atoms with Crippen LogP contribution in [-0.4, -0.2) is 0 Å². The summed E-state index contributed by atoms with van der Waals surface area (Å²) < 4.78 is 0. The second-order valence-electron chi connectivity index (χ2n) is 4.60. The molecular formula is C17H15N3. The lowest BCUT2D eigenvalue weighted by Gasteiger charge is -2.04. The van der Waals surface area contributed by atoms with Gasteiger partial charge in [-0.25, -0.2) is 0 Å². The number of nitrogens with two attached hydrogens (primary N) is 1. The summed E-state index contributed by atoms with van der Waals surface area (Å²) in [5.41, 5.74) is 8.74. The highest BCUT2D eigenvalue weighted by Crippen LogP contribution is 2.30. The molecule has 2 N–H and O–H groups in total. The molecule has 20 heavy (non-hydrogen) atoms. The molecule has 0 fully saturated rings. The van der Waals surface area contributed by atoms with E-state index in [4.69, 9.17) is 5.73 Å². The fraction of sp³-hybridized carbons (Fsp3) is 0.0588. The Morgan fingerprint density at radius 1 is 0.750 bits per heavy atom. The van der Waals surface area contributed by atoms with Crippen LogP contribution in [0.4, 0.5) is 11.4 Å². The van der Waals surface area contributed by atoms with E-state index >= 15 is 0 Å².